The Hall–Kier alpha value is -13.2. The van der Waals surface area contributed by atoms with Crippen LogP contribution in [0.25, 0.3) is 55.6 Å². The summed E-state index contributed by atoms with van der Waals surface area (Å²) in [5.41, 5.74) is 11.3. The fraction of sp³-hybridized carbons (Fsp3) is 0.255. The number of hydrogen-bond donors (Lipinski definition) is 3. The van der Waals surface area contributed by atoms with E-state index in [9.17, 15) is 33.9 Å². The molecule has 25 heteroatoms. The Morgan fingerprint density at radius 2 is 0.457 bits per heavy atom. The molecule has 0 unspecified atom stereocenters. The average molecular weight is 1800 g/mol. The number of rotatable bonds is 40. The summed E-state index contributed by atoms with van der Waals surface area (Å²) in [6, 6.07) is 72.6. The van der Waals surface area contributed by atoms with Crippen molar-refractivity contribution in [3.8, 4) is 113 Å². The lowest BCUT2D eigenvalue weighted by Gasteiger charge is -2.19. The summed E-state index contributed by atoms with van der Waals surface area (Å²) in [4.78, 5) is 68.4. The normalized spacial score (nSPS) is 10.4. The highest BCUT2D eigenvalue weighted by Crippen LogP contribution is 2.31. The van der Waals surface area contributed by atoms with E-state index in [4.69, 9.17) is 81.3 Å². The van der Waals surface area contributed by atoms with E-state index in [1.807, 2.05) is 187 Å². The SMILES string of the molecule is C=C(C)C(=O)Oc1ccc(-c2ccc(OCC(OC(=O)C(=C)C)OC(=O)C(=C)C)cc2)cc1.C=C(C)C(=O)Oc1ccc(-c2ccc(OCC(OCC)OCC)cc2)cc1.C=C(C)C(=O)Oc1ccc(-c2ccc(OCC=O)cc2)cc1.CCOC(CBr)OCC.CCOC(COc1ccc(-c2ccc(O)cc2)cc1)OCC.Oc1ccc(-c2ccc(O)cc2)cc1. The number of phenols is 3. The molecule has 127 heavy (non-hydrogen) atoms. The molecule has 0 spiro atoms. The van der Waals surface area contributed by atoms with Crippen LogP contribution in [-0.4, -0.2) is 148 Å². The van der Waals surface area contributed by atoms with Gasteiger partial charge in [-0.25, -0.2) is 24.0 Å². The third-order valence-electron chi connectivity index (χ3n) is 16.8. The van der Waals surface area contributed by atoms with Crippen LogP contribution in [0, 0.1) is 0 Å². The topological polar surface area (TPSA) is 302 Å². The van der Waals surface area contributed by atoms with Gasteiger partial charge >= 0.3 is 29.8 Å². The first-order valence-electron chi connectivity index (χ1n) is 40.7. The number of alkyl halides is 1. The molecule has 10 rings (SSSR count). The molecular weight excluding hydrogens is 1690 g/mol. The van der Waals surface area contributed by atoms with Gasteiger partial charge in [-0.3, -0.25) is 4.79 Å². The van der Waals surface area contributed by atoms with Crippen molar-refractivity contribution in [3.05, 3.63) is 303 Å². The fourth-order valence-corrected chi connectivity index (χ4v) is 10.7. The predicted octanol–water partition coefficient (Wildman–Crippen LogP) is 21.2. The van der Waals surface area contributed by atoms with E-state index in [0.717, 1.165) is 72.5 Å². The maximum absolute atomic E-state index is 11.8. The Balaban J connectivity index is 0.000000280. The first-order chi connectivity index (χ1) is 61.0. The molecule has 0 aromatic heterocycles. The van der Waals surface area contributed by atoms with E-state index in [1.165, 1.54) is 13.8 Å². The van der Waals surface area contributed by atoms with Gasteiger partial charge in [0.2, 0.25) is 0 Å². The first kappa shape index (κ1) is 104. The molecule has 672 valence electrons. The van der Waals surface area contributed by atoms with Gasteiger partial charge in [0.05, 0.1) is 5.33 Å². The van der Waals surface area contributed by atoms with Crippen LogP contribution in [0.15, 0.2) is 303 Å². The number of phenolic OH excluding ortho intramolecular Hbond substituents is 3. The molecule has 0 radical (unpaired) electrons. The van der Waals surface area contributed by atoms with Crippen molar-refractivity contribution >= 4 is 52.1 Å². The molecule has 0 saturated carbocycles. The number of esters is 5. The molecule has 24 nitrogen and oxygen atoms in total. The van der Waals surface area contributed by atoms with Crippen molar-refractivity contribution in [3.63, 3.8) is 0 Å². The average Bonchev–Trinajstić information content (AvgIpc) is 0.901. The number of ether oxygens (including phenoxy) is 15. The van der Waals surface area contributed by atoms with Crippen LogP contribution in [0.5, 0.6) is 57.5 Å². The number of carbonyl (C=O) groups is 6. The number of aldehydes is 1. The van der Waals surface area contributed by atoms with E-state index in [2.05, 4.69) is 48.8 Å². The molecule has 0 aliphatic rings. The molecule has 10 aromatic carbocycles. The van der Waals surface area contributed by atoms with Crippen molar-refractivity contribution in [1.82, 2.24) is 0 Å². The molecule has 0 saturated heterocycles. The maximum atomic E-state index is 11.8. The summed E-state index contributed by atoms with van der Waals surface area (Å²) in [6.45, 7) is 41.3. The molecule has 0 atom stereocenters. The molecule has 0 bridgehead atoms. The van der Waals surface area contributed by atoms with Gasteiger partial charge in [0, 0.05) is 67.5 Å². The summed E-state index contributed by atoms with van der Waals surface area (Å²) in [7, 11) is 0. The van der Waals surface area contributed by atoms with Gasteiger partial charge < -0.3 is 86.4 Å². The Kier molecular flexibility index (Phi) is 47.7. The Bertz CT molecular complexity index is 4930. The molecule has 0 aliphatic heterocycles. The van der Waals surface area contributed by atoms with Gasteiger partial charge in [-0.15, -0.1) is 0 Å². The molecule has 0 amide bonds. The first-order valence-corrected chi connectivity index (χ1v) is 41.8. The van der Waals surface area contributed by atoms with Crippen LogP contribution >= 0.6 is 15.9 Å². The van der Waals surface area contributed by atoms with Gasteiger partial charge in [-0.05, 0) is 253 Å². The van der Waals surface area contributed by atoms with Crippen molar-refractivity contribution in [2.45, 2.75) is 101 Å². The standard InChI is InChI=1S/C26H26O7.C22H26O5.C18H16O4.C18H22O4.C12H10O2.C6H13BrO2/c1-16(2)24(27)31-22-13-9-20(10-14-22)19-7-11-21(12-8-19)30-15-23(32-25(28)17(3)4)33-26(29)18(5)6;1-5-24-21(25-6-2)15-26-19-11-7-17(8-12-19)18-9-13-20(14-10-18)27-22(23)16(3)4;1-13(2)18(20)22-17-9-5-15(6-10-17)14-3-7-16(8-4-14)21-12-11-19;1-3-20-18(21-4-2)13-22-17-11-7-15(8-12-17)14-5-9-16(19)10-6-14;13-11-5-1-9(2-6-11)10-3-7-12(14)8-4-10;1-3-8-6(5-7)9-4-2/h7-14,23H,1,3,5,15H2,2,4,6H3;7-14,21H,3,5-6,15H2,1-2,4H3;3-11H,1,12H2,2H3;5-12,18-19H,3-4,13H2,1-2H3;1-8,13-14H;6H,3-5H2,1-2H3. The monoisotopic (exact) mass is 1800 g/mol. The molecule has 3 N–H and O–H groups in total. The Morgan fingerprint density at radius 1 is 0.276 bits per heavy atom. The lowest BCUT2D eigenvalue weighted by Crippen LogP contribution is -2.30. The number of aromatic hydroxyl groups is 3. The number of benzene rings is 10. The highest BCUT2D eigenvalue weighted by molar-refractivity contribution is 9.09. The minimum atomic E-state index is -1.26. The summed E-state index contributed by atoms with van der Waals surface area (Å²) < 4.78 is 80.1. The number of halogens is 1. The van der Waals surface area contributed by atoms with Crippen molar-refractivity contribution < 1.29 is 115 Å². The maximum Gasteiger partial charge on any atom is 0.338 e. The zero-order chi connectivity index (χ0) is 93.0. The second-order valence-electron chi connectivity index (χ2n) is 27.2. The van der Waals surface area contributed by atoms with Crippen LogP contribution in [0.1, 0.15) is 76.2 Å². The van der Waals surface area contributed by atoms with Gasteiger partial charge in [-0.2, -0.15) is 0 Å². The zero-order valence-corrected chi connectivity index (χ0v) is 75.2. The number of carbonyl (C=O) groups excluding carboxylic acids is 6. The quantitative estimate of drug-likeness (QED) is 0.00802. The van der Waals surface area contributed by atoms with Gasteiger partial charge in [0.15, 0.2) is 31.8 Å². The molecule has 0 fully saturated rings. The van der Waals surface area contributed by atoms with Crippen molar-refractivity contribution in [2.24, 2.45) is 0 Å². The highest BCUT2D eigenvalue weighted by Gasteiger charge is 2.22. The van der Waals surface area contributed by atoms with E-state index in [-0.39, 0.29) is 60.5 Å². The summed E-state index contributed by atoms with van der Waals surface area (Å²) in [5.74, 6) is 2.05. The predicted molar refractivity (Wildman–Crippen MR) is 494 cm³/mol. The lowest BCUT2D eigenvalue weighted by molar-refractivity contribution is -0.187. The van der Waals surface area contributed by atoms with Gasteiger partial charge in [0.25, 0.3) is 6.29 Å². The molecular formula is C102H113BrO24. The molecule has 0 aliphatic carbocycles. The van der Waals surface area contributed by atoms with Crippen LogP contribution in [0.3, 0.4) is 0 Å². The summed E-state index contributed by atoms with van der Waals surface area (Å²) in [5, 5.41) is 28.3. The van der Waals surface area contributed by atoms with Crippen LogP contribution in [0.4, 0.5) is 0 Å². The fourth-order valence-electron chi connectivity index (χ4n) is 10.4. The van der Waals surface area contributed by atoms with E-state index in [0.29, 0.717) is 105 Å². The largest absolute Gasteiger partial charge is 0.508 e. The molecule has 10 aromatic rings. The van der Waals surface area contributed by atoms with Crippen molar-refractivity contribution in [2.75, 3.05) is 71.4 Å². The summed E-state index contributed by atoms with van der Waals surface area (Å²) >= 11 is 3.27. The van der Waals surface area contributed by atoms with Crippen molar-refractivity contribution in [1.29, 1.82) is 0 Å². The lowest BCUT2D eigenvalue weighted by atomic mass is 10.1. The highest BCUT2D eigenvalue weighted by atomic mass is 79.9. The third-order valence-corrected chi connectivity index (χ3v) is 17.3. The Morgan fingerprint density at radius 3 is 0.646 bits per heavy atom. The smallest absolute Gasteiger partial charge is 0.338 e. The van der Waals surface area contributed by atoms with Gasteiger partial charge in [-0.1, -0.05) is 170 Å². The minimum Gasteiger partial charge on any atom is -0.508 e. The van der Waals surface area contributed by atoms with Gasteiger partial charge in [0.1, 0.15) is 77.3 Å². The van der Waals surface area contributed by atoms with E-state index in [1.54, 1.807) is 118 Å². The van der Waals surface area contributed by atoms with E-state index >= 15 is 0 Å². The van der Waals surface area contributed by atoms with Crippen LogP contribution in [0.2, 0.25) is 0 Å². The van der Waals surface area contributed by atoms with E-state index < -0.39 is 36.1 Å². The zero-order valence-electron chi connectivity index (χ0n) is 73.6. The second kappa shape index (κ2) is 58.1. The summed E-state index contributed by atoms with van der Waals surface area (Å²) in [6.07, 6.45) is -1.33. The van der Waals surface area contributed by atoms with Crippen LogP contribution in [-0.2, 0) is 66.7 Å². The second-order valence-corrected chi connectivity index (χ2v) is 27.9. The Labute approximate surface area is 752 Å². The third kappa shape index (κ3) is 40.1. The number of hydrogen-bond acceptors (Lipinski definition) is 24. The minimum absolute atomic E-state index is 0.0438. The van der Waals surface area contributed by atoms with Crippen LogP contribution < -0.4 is 33.2 Å². The molecule has 0 heterocycles.